The zero-order chi connectivity index (χ0) is 15.5. The number of ether oxygens (including phenoxy) is 1. The molecule has 1 aliphatic carbocycles. The molecule has 0 unspecified atom stereocenters. The summed E-state index contributed by atoms with van der Waals surface area (Å²) >= 11 is 0. The maximum Gasteiger partial charge on any atom is 0.273 e. The zero-order valence-corrected chi connectivity index (χ0v) is 15.6. The van der Waals surface area contributed by atoms with E-state index in [1.165, 1.54) is 18.2 Å². The van der Waals surface area contributed by atoms with Crippen LogP contribution in [-0.2, 0) is 10.0 Å². The number of nitrogens with one attached hydrogen (secondary N) is 1. The number of hydrogen-bond donors (Lipinski definition) is 1. The van der Waals surface area contributed by atoms with Crippen LogP contribution >= 0.6 is 0 Å². The van der Waals surface area contributed by atoms with Crippen LogP contribution in [0, 0.1) is 10.1 Å². The van der Waals surface area contributed by atoms with Gasteiger partial charge in [0.2, 0.25) is 10.0 Å². The molecule has 0 saturated heterocycles. The van der Waals surface area contributed by atoms with Gasteiger partial charge in [-0.05, 0) is 31.7 Å². The number of nitro benzene ring substituents is 1. The second kappa shape index (κ2) is 8.14. The Hall–Kier alpha value is -0.830. The average Bonchev–Trinajstić information content (AvgIpc) is 2.40. The van der Waals surface area contributed by atoms with Crippen molar-refractivity contribution >= 4 is 51.0 Å². The van der Waals surface area contributed by atoms with Gasteiger partial charge in [-0.2, -0.15) is 0 Å². The van der Waals surface area contributed by atoms with Gasteiger partial charge in [0.1, 0.15) is 0 Å². The summed E-state index contributed by atoms with van der Waals surface area (Å²) in [5.74, 6) is 0.210. The fourth-order valence-corrected chi connectivity index (χ4v) is 2.94. The van der Waals surface area contributed by atoms with Gasteiger partial charge in [0.05, 0.1) is 29.0 Å². The standard InChI is InChI=1S/C13H18N2O5S.Na/c1-21(18,19)14-12-8-7-10(15(16)17)9-13(12)20-11-5-3-2-4-6-11;/h7-9,11,14H,2-6H2,1H3;. The molecule has 0 amide bonds. The minimum atomic E-state index is -3.47. The summed E-state index contributed by atoms with van der Waals surface area (Å²) in [6.07, 6.45) is 6.01. The van der Waals surface area contributed by atoms with Crippen molar-refractivity contribution in [3.63, 3.8) is 0 Å². The predicted molar refractivity (Wildman–Crippen MR) is 84.8 cm³/mol. The number of anilines is 1. The Kier molecular flexibility index (Phi) is 7.11. The van der Waals surface area contributed by atoms with Crippen molar-refractivity contribution in [1.82, 2.24) is 0 Å². The molecule has 0 bridgehead atoms. The normalized spacial score (nSPS) is 15.7. The smallest absolute Gasteiger partial charge is 0.273 e. The average molecular weight is 337 g/mol. The molecule has 0 heterocycles. The van der Waals surface area contributed by atoms with Gasteiger partial charge in [0.25, 0.3) is 5.69 Å². The molecule has 0 atom stereocenters. The quantitative estimate of drug-likeness (QED) is 0.505. The first-order valence-electron chi connectivity index (χ1n) is 6.78. The third kappa shape index (κ3) is 5.75. The van der Waals surface area contributed by atoms with Gasteiger partial charge < -0.3 is 4.74 Å². The molecule has 7 nitrogen and oxygen atoms in total. The molecule has 1 aliphatic rings. The van der Waals surface area contributed by atoms with Crippen molar-refractivity contribution in [2.24, 2.45) is 0 Å². The van der Waals surface area contributed by atoms with E-state index in [0.29, 0.717) is 0 Å². The Morgan fingerprint density at radius 3 is 2.45 bits per heavy atom. The largest absolute Gasteiger partial charge is 0.488 e. The molecule has 0 aromatic heterocycles. The van der Waals surface area contributed by atoms with Gasteiger partial charge in [0, 0.05) is 35.6 Å². The van der Waals surface area contributed by atoms with Crippen LogP contribution in [0.15, 0.2) is 18.2 Å². The maximum absolute atomic E-state index is 11.4. The van der Waals surface area contributed by atoms with Crippen LogP contribution in [0.1, 0.15) is 32.1 Å². The molecule has 0 spiro atoms. The summed E-state index contributed by atoms with van der Waals surface area (Å²) in [5.41, 5.74) is 0.105. The third-order valence-corrected chi connectivity index (χ3v) is 3.91. The van der Waals surface area contributed by atoms with Crippen LogP contribution in [0.3, 0.4) is 0 Å². The first-order valence-corrected chi connectivity index (χ1v) is 8.67. The van der Waals surface area contributed by atoms with E-state index >= 15 is 0 Å². The monoisotopic (exact) mass is 337 g/mol. The Bertz CT molecular complexity index is 629. The van der Waals surface area contributed by atoms with E-state index in [1.807, 2.05) is 0 Å². The summed E-state index contributed by atoms with van der Waals surface area (Å²) in [5, 5.41) is 10.9. The minimum absolute atomic E-state index is 0. The zero-order valence-electron chi connectivity index (χ0n) is 12.7. The van der Waals surface area contributed by atoms with E-state index in [1.54, 1.807) is 0 Å². The van der Waals surface area contributed by atoms with Crippen LogP contribution in [0.2, 0.25) is 0 Å². The number of rotatable bonds is 5. The Balaban J connectivity index is 0.00000242. The molecule has 1 radical (unpaired) electrons. The molecule has 1 aromatic rings. The number of nitrogens with zero attached hydrogens (tertiary/aromatic N) is 1. The van der Waals surface area contributed by atoms with E-state index < -0.39 is 14.9 Å². The number of hydrogen-bond acceptors (Lipinski definition) is 5. The van der Waals surface area contributed by atoms with Crippen molar-refractivity contribution in [2.45, 2.75) is 38.2 Å². The predicted octanol–water partition coefficient (Wildman–Crippen LogP) is 2.30. The molecule has 1 fully saturated rings. The van der Waals surface area contributed by atoms with Crippen molar-refractivity contribution in [3.8, 4) is 5.75 Å². The maximum atomic E-state index is 11.4. The molecule has 1 saturated carbocycles. The van der Waals surface area contributed by atoms with Crippen LogP contribution in [-0.4, -0.2) is 55.3 Å². The summed E-state index contributed by atoms with van der Waals surface area (Å²) in [7, 11) is -3.47. The molecule has 1 N–H and O–H groups in total. The van der Waals surface area contributed by atoms with Crippen LogP contribution in [0.25, 0.3) is 0 Å². The van der Waals surface area contributed by atoms with Gasteiger partial charge in [-0.3, -0.25) is 14.8 Å². The van der Waals surface area contributed by atoms with E-state index in [9.17, 15) is 18.5 Å². The number of nitro groups is 1. The Morgan fingerprint density at radius 1 is 1.27 bits per heavy atom. The fraction of sp³-hybridized carbons (Fsp3) is 0.538. The summed E-state index contributed by atoms with van der Waals surface area (Å²) in [6, 6.07) is 3.88. The first-order chi connectivity index (χ1) is 9.85. The van der Waals surface area contributed by atoms with Crippen LogP contribution < -0.4 is 9.46 Å². The van der Waals surface area contributed by atoms with Crippen LogP contribution in [0.4, 0.5) is 11.4 Å². The molecule has 1 aromatic carbocycles. The van der Waals surface area contributed by atoms with Crippen LogP contribution in [0.5, 0.6) is 5.75 Å². The first kappa shape index (κ1) is 19.2. The van der Waals surface area contributed by atoms with Crippen molar-refractivity contribution in [1.29, 1.82) is 0 Å². The summed E-state index contributed by atoms with van der Waals surface area (Å²) in [4.78, 5) is 10.3. The Morgan fingerprint density at radius 2 is 1.91 bits per heavy atom. The van der Waals surface area contributed by atoms with Gasteiger partial charge in [0.15, 0.2) is 5.75 Å². The second-order valence-corrected chi connectivity index (χ2v) is 6.94. The van der Waals surface area contributed by atoms with E-state index in [2.05, 4.69) is 4.72 Å². The molecule has 22 heavy (non-hydrogen) atoms. The topological polar surface area (TPSA) is 98.5 Å². The molecular formula is C13H18N2NaO5S. The summed E-state index contributed by atoms with van der Waals surface area (Å²) < 4.78 is 30.8. The number of benzene rings is 1. The Labute approximate surface area is 151 Å². The van der Waals surface area contributed by atoms with E-state index in [0.717, 1.165) is 38.4 Å². The van der Waals surface area contributed by atoms with E-state index in [-0.39, 0.29) is 52.8 Å². The van der Waals surface area contributed by atoms with Gasteiger partial charge in [-0.1, -0.05) is 6.42 Å². The van der Waals surface area contributed by atoms with Gasteiger partial charge in [-0.25, -0.2) is 8.42 Å². The van der Waals surface area contributed by atoms with Crippen molar-refractivity contribution in [2.75, 3.05) is 11.0 Å². The molecular weight excluding hydrogens is 319 g/mol. The summed E-state index contributed by atoms with van der Waals surface area (Å²) in [6.45, 7) is 0. The molecule has 117 valence electrons. The molecule has 9 heteroatoms. The second-order valence-electron chi connectivity index (χ2n) is 5.19. The fourth-order valence-electron chi connectivity index (χ4n) is 2.37. The van der Waals surface area contributed by atoms with Gasteiger partial charge in [-0.15, -0.1) is 0 Å². The third-order valence-electron chi connectivity index (χ3n) is 3.32. The van der Waals surface area contributed by atoms with Gasteiger partial charge >= 0.3 is 0 Å². The van der Waals surface area contributed by atoms with Crippen molar-refractivity contribution < 1.29 is 18.1 Å². The van der Waals surface area contributed by atoms with E-state index in [4.69, 9.17) is 4.74 Å². The SMILES string of the molecule is CS(=O)(=O)Nc1ccc([N+](=O)[O-])cc1OC1CCCCC1.[Na]. The number of non-ortho nitro benzene ring substituents is 1. The minimum Gasteiger partial charge on any atom is -0.488 e. The molecule has 0 aliphatic heterocycles. The van der Waals surface area contributed by atoms with Crippen molar-refractivity contribution in [3.05, 3.63) is 28.3 Å². The molecule has 2 rings (SSSR count). The number of sulfonamides is 1.